The van der Waals surface area contributed by atoms with E-state index in [1.807, 2.05) is 50.2 Å². The third-order valence-corrected chi connectivity index (χ3v) is 3.88. The lowest BCUT2D eigenvalue weighted by molar-refractivity contribution is -0.127. The zero-order valence-electron chi connectivity index (χ0n) is 15.2. The minimum Gasteiger partial charge on any atom is -0.494 e. The van der Waals surface area contributed by atoms with Crippen molar-refractivity contribution in [3.05, 3.63) is 59.7 Å². The average molecular weight is 341 g/mol. The Hall–Kier alpha value is -2.49. The van der Waals surface area contributed by atoms with Crippen LogP contribution < -0.4 is 14.8 Å². The van der Waals surface area contributed by atoms with E-state index in [1.54, 1.807) is 6.92 Å². The Morgan fingerprint density at radius 1 is 1.04 bits per heavy atom. The molecule has 4 heteroatoms. The van der Waals surface area contributed by atoms with Gasteiger partial charge < -0.3 is 14.8 Å². The van der Waals surface area contributed by atoms with E-state index in [1.165, 1.54) is 11.1 Å². The van der Waals surface area contributed by atoms with Gasteiger partial charge in [0.1, 0.15) is 11.5 Å². The van der Waals surface area contributed by atoms with Crippen molar-refractivity contribution in [1.29, 1.82) is 0 Å². The molecule has 2 aromatic carbocycles. The van der Waals surface area contributed by atoms with Crippen LogP contribution >= 0.6 is 0 Å². The second kappa shape index (κ2) is 9.72. The molecule has 25 heavy (non-hydrogen) atoms. The molecule has 134 valence electrons. The number of amides is 1. The van der Waals surface area contributed by atoms with Crippen molar-refractivity contribution >= 4 is 5.91 Å². The number of hydrogen-bond acceptors (Lipinski definition) is 3. The molecule has 4 nitrogen and oxygen atoms in total. The Kier molecular flexibility index (Phi) is 7.33. The van der Waals surface area contributed by atoms with Gasteiger partial charge in [0.25, 0.3) is 5.91 Å². The minimum absolute atomic E-state index is 0.0905. The fourth-order valence-electron chi connectivity index (χ4n) is 2.44. The number of carbonyl (C=O) groups is 1. The van der Waals surface area contributed by atoms with Crippen molar-refractivity contribution in [1.82, 2.24) is 5.32 Å². The van der Waals surface area contributed by atoms with E-state index >= 15 is 0 Å². The summed E-state index contributed by atoms with van der Waals surface area (Å²) in [6, 6.07) is 15.8. The predicted molar refractivity (Wildman–Crippen MR) is 100 cm³/mol. The zero-order chi connectivity index (χ0) is 18.1. The number of carbonyl (C=O) groups excluding carboxylic acids is 1. The molecule has 0 fully saturated rings. The first-order valence-electron chi connectivity index (χ1n) is 8.81. The summed E-state index contributed by atoms with van der Waals surface area (Å²) in [6.07, 6.45) is 1.30. The van der Waals surface area contributed by atoms with E-state index in [4.69, 9.17) is 9.47 Å². The van der Waals surface area contributed by atoms with Gasteiger partial charge in [0.05, 0.1) is 6.61 Å². The maximum absolute atomic E-state index is 12.1. The van der Waals surface area contributed by atoms with Gasteiger partial charge in [0.2, 0.25) is 0 Å². The van der Waals surface area contributed by atoms with Crippen molar-refractivity contribution in [3.63, 3.8) is 0 Å². The van der Waals surface area contributed by atoms with Crippen LogP contribution in [0, 0.1) is 6.92 Å². The molecule has 0 spiro atoms. The predicted octanol–water partition coefficient (Wildman–Crippen LogP) is 3.91. The molecule has 1 atom stereocenters. The molecular formula is C21H27NO3. The van der Waals surface area contributed by atoms with E-state index in [0.29, 0.717) is 18.9 Å². The maximum atomic E-state index is 12.1. The van der Waals surface area contributed by atoms with E-state index < -0.39 is 6.10 Å². The summed E-state index contributed by atoms with van der Waals surface area (Å²) in [4.78, 5) is 12.1. The molecule has 0 bridgehead atoms. The van der Waals surface area contributed by atoms with Gasteiger partial charge in [-0.05, 0) is 63.4 Å². The molecule has 1 N–H and O–H groups in total. The van der Waals surface area contributed by atoms with Gasteiger partial charge in [-0.15, -0.1) is 0 Å². The largest absolute Gasteiger partial charge is 0.494 e. The lowest BCUT2D eigenvalue weighted by atomic mass is 10.1. The SMILES string of the molecule is CCOc1ccc(CCCNC(=O)[C@H](C)Oc2ccc(C)cc2)cc1. The van der Waals surface area contributed by atoms with E-state index in [-0.39, 0.29) is 5.91 Å². The molecule has 0 unspecified atom stereocenters. The first-order chi connectivity index (χ1) is 12.1. The van der Waals surface area contributed by atoms with Crippen molar-refractivity contribution in [2.75, 3.05) is 13.2 Å². The second-order valence-corrected chi connectivity index (χ2v) is 6.04. The van der Waals surface area contributed by atoms with Crippen LogP contribution in [0.1, 0.15) is 31.4 Å². The summed E-state index contributed by atoms with van der Waals surface area (Å²) in [5.74, 6) is 1.51. The van der Waals surface area contributed by atoms with Gasteiger partial charge in [-0.1, -0.05) is 29.8 Å². The number of nitrogens with one attached hydrogen (secondary N) is 1. The van der Waals surface area contributed by atoms with Gasteiger partial charge in [-0.25, -0.2) is 0 Å². The molecule has 0 aliphatic carbocycles. The Bertz CT molecular complexity index is 650. The normalized spacial score (nSPS) is 11.6. The highest BCUT2D eigenvalue weighted by Gasteiger charge is 2.13. The Morgan fingerprint density at radius 3 is 2.32 bits per heavy atom. The highest BCUT2D eigenvalue weighted by molar-refractivity contribution is 5.80. The molecule has 0 radical (unpaired) electrons. The quantitative estimate of drug-likeness (QED) is 0.704. The standard InChI is InChI=1S/C21H27NO3/c1-4-24-19-13-9-18(10-14-19)6-5-15-22-21(23)17(3)25-20-11-7-16(2)8-12-20/h7-14,17H,4-6,15H2,1-3H3,(H,22,23)/t17-/m0/s1. The van der Waals surface area contributed by atoms with E-state index in [2.05, 4.69) is 17.4 Å². The Morgan fingerprint density at radius 2 is 1.68 bits per heavy atom. The zero-order valence-corrected chi connectivity index (χ0v) is 15.2. The highest BCUT2D eigenvalue weighted by Crippen LogP contribution is 2.14. The summed E-state index contributed by atoms with van der Waals surface area (Å²) in [5.41, 5.74) is 2.40. The van der Waals surface area contributed by atoms with Crippen LogP contribution in [-0.2, 0) is 11.2 Å². The van der Waals surface area contributed by atoms with Gasteiger partial charge >= 0.3 is 0 Å². The van der Waals surface area contributed by atoms with Crippen LogP contribution in [0.2, 0.25) is 0 Å². The van der Waals surface area contributed by atoms with Crippen LogP contribution in [0.15, 0.2) is 48.5 Å². The first kappa shape index (κ1) is 18.8. The van der Waals surface area contributed by atoms with Crippen LogP contribution in [0.25, 0.3) is 0 Å². The van der Waals surface area contributed by atoms with Crippen molar-refractivity contribution in [3.8, 4) is 11.5 Å². The van der Waals surface area contributed by atoms with E-state index in [9.17, 15) is 4.79 Å². The molecule has 0 aromatic heterocycles. The van der Waals surface area contributed by atoms with E-state index in [0.717, 1.165) is 18.6 Å². The topological polar surface area (TPSA) is 47.6 Å². The summed E-state index contributed by atoms with van der Waals surface area (Å²) in [6.45, 7) is 7.06. The second-order valence-electron chi connectivity index (χ2n) is 6.04. The van der Waals surface area contributed by atoms with Crippen molar-refractivity contribution in [2.45, 2.75) is 39.7 Å². The smallest absolute Gasteiger partial charge is 0.260 e. The molecular weight excluding hydrogens is 314 g/mol. The number of rotatable bonds is 9. The molecule has 0 aliphatic heterocycles. The monoisotopic (exact) mass is 341 g/mol. The van der Waals surface area contributed by atoms with Gasteiger partial charge in [-0.3, -0.25) is 4.79 Å². The van der Waals surface area contributed by atoms with Gasteiger partial charge in [-0.2, -0.15) is 0 Å². The third kappa shape index (κ3) is 6.49. The maximum Gasteiger partial charge on any atom is 0.260 e. The summed E-state index contributed by atoms with van der Waals surface area (Å²) >= 11 is 0. The average Bonchev–Trinajstić information content (AvgIpc) is 2.62. The summed E-state index contributed by atoms with van der Waals surface area (Å²) in [5, 5.41) is 2.93. The first-order valence-corrected chi connectivity index (χ1v) is 8.81. The molecule has 1 amide bonds. The molecule has 0 heterocycles. The fourth-order valence-corrected chi connectivity index (χ4v) is 2.44. The third-order valence-electron chi connectivity index (χ3n) is 3.88. The van der Waals surface area contributed by atoms with Crippen molar-refractivity contribution < 1.29 is 14.3 Å². The van der Waals surface area contributed by atoms with Crippen LogP contribution in [0.5, 0.6) is 11.5 Å². The lowest BCUT2D eigenvalue weighted by Gasteiger charge is -2.15. The summed E-state index contributed by atoms with van der Waals surface area (Å²) in [7, 11) is 0. The Labute approximate surface area is 150 Å². The van der Waals surface area contributed by atoms with Gasteiger partial charge in [0.15, 0.2) is 6.10 Å². The molecule has 2 rings (SSSR count). The highest BCUT2D eigenvalue weighted by atomic mass is 16.5. The molecule has 0 saturated heterocycles. The van der Waals surface area contributed by atoms with Gasteiger partial charge in [0, 0.05) is 6.54 Å². The number of hydrogen-bond donors (Lipinski definition) is 1. The van der Waals surface area contributed by atoms with Crippen LogP contribution in [-0.4, -0.2) is 25.2 Å². The number of ether oxygens (including phenoxy) is 2. The number of aryl methyl sites for hydroxylation is 2. The number of benzene rings is 2. The minimum atomic E-state index is -0.506. The van der Waals surface area contributed by atoms with Crippen molar-refractivity contribution in [2.24, 2.45) is 0 Å². The molecule has 2 aromatic rings. The molecule has 0 saturated carbocycles. The molecule has 0 aliphatic rings. The lowest BCUT2D eigenvalue weighted by Crippen LogP contribution is -2.36. The summed E-state index contributed by atoms with van der Waals surface area (Å²) < 4.78 is 11.1. The van der Waals surface area contributed by atoms with Crippen LogP contribution in [0.3, 0.4) is 0 Å². The van der Waals surface area contributed by atoms with Crippen LogP contribution in [0.4, 0.5) is 0 Å². The fraction of sp³-hybridized carbons (Fsp3) is 0.381. The Balaban J connectivity index is 1.68.